The van der Waals surface area contributed by atoms with Crippen LogP contribution in [0, 0.1) is 27.7 Å². The van der Waals surface area contributed by atoms with Crippen molar-refractivity contribution in [2.45, 2.75) is 41.5 Å². The van der Waals surface area contributed by atoms with Gasteiger partial charge in [-0.3, -0.25) is 0 Å². The molecule has 2 aromatic heterocycles. The maximum absolute atomic E-state index is 3.77. The predicted molar refractivity (Wildman–Crippen MR) is 93.7 cm³/mol. The van der Waals surface area contributed by atoms with Gasteiger partial charge in [-0.05, 0) is 13.8 Å². The Morgan fingerprint density at radius 2 is 1.04 bits per heavy atom. The molecule has 0 radical (unpaired) electrons. The van der Waals surface area contributed by atoms with E-state index in [0.29, 0.717) is 0 Å². The van der Waals surface area contributed by atoms with Crippen LogP contribution in [0.1, 0.15) is 36.6 Å². The van der Waals surface area contributed by atoms with Gasteiger partial charge in [0.05, 0.1) is 0 Å². The average molecular weight is 354 g/mol. The van der Waals surface area contributed by atoms with E-state index in [1.807, 2.05) is 53.7 Å². The summed E-state index contributed by atoms with van der Waals surface area (Å²) in [5.41, 5.74) is 3.99. The van der Waals surface area contributed by atoms with Gasteiger partial charge in [-0.1, -0.05) is 39.8 Å². The SMILES string of the molecule is CC[N-]C.CC[N-]C.Cc1cc(C)[n-]n1.Cc1cc(C)[n-]n1.[Ti+4]. The summed E-state index contributed by atoms with van der Waals surface area (Å²) in [4.78, 5) is 0. The molecule has 0 amide bonds. The van der Waals surface area contributed by atoms with Crippen LogP contribution < -0.4 is 10.2 Å². The van der Waals surface area contributed by atoms with Crippen molar-refractivity contribution in [3.63, 3.8) is 0 Å². The zero-order valence-corrected chi connectivity index (χ0v) is 17.3. The van der Waals surface area contributed by atoms with Gasteiger partial charge >= 0.3 is 21.7 Å². The maximum Gasteiger partial charge on any atom is 4.00 e. The maximum atomic E-state index is 3.77. The zero-order chi connectivity index (χ0) is 17.4. The normalized spacial score (nSPS) is 8.35. The molecule has 0 aliphatic carbocycles. The molecule has 2 heterocycles. The van der Waals surface area contributed by atoms with Gasteiger partial charge in [-0.25, -0.2) is 0 Å². The fourth-order valence-electron chi connectivity index (χ4n) is 1.04. The molecular formula is C16H30N6Ti. The molecule has 0 saturated carbocycles. The molecule has 2 rings (SSSR count). The minimum atomic E-state index is 0. The van der Waals surface area contributed by atoms with Crippen molar-refractivity contribution in [3.8, 4) is 0 Å². The summed E-state index contributed by atoms with van der Waals surface area (Å²) in [6.07, 6.45) is 0. The first-order valence-electron chi connectivity index (χ1n) is 7.39. The molecule has 0 bridgehead atoms. The standard InChI is InChI=1S/2C5H7N2.2C3H8N.Ti/c2*1-4-3-5(2)7-6-4;2*1-3-4-2;/h2*3H,1-2H3;2*3H2,1-2H3;/q4*-1;+4. The van der Waals surface area contributed by atoms with E-state index in [2.05, 4.69) is 31.0 Å². The molecule has 0 aromatic carbocycles. The van der Waals surface area contributed by atoms with Crippen LogP contribution in [0.3, 0.4) is 0 Å². The van der Waals surface area contributed by atoms with Crippen molar-refractivity contribution in [2.24, 2.45) is 0 Å². The second-order valence-electron chi connectivity index (χ2n) is 4.52. The molecule has 0 atom stereocenters. The Morgan fingerprint density at radius 1 is 0.783 bits per heavy atom. The van der Waals surface area contributed by atoms with Crippen LogP contribution in [0.4, 0.5) is 0 Å². The summed E-state index contributed by atoms with van der Waals surface area (Å²) in [5.74, 6) is 0. The van der Waals surface area contributed by atoms with E-state index in [9.17, 15) is 0 Å². The van der Waals surface area contributed by atoms with E-state index in [-0.39, 0.29) is 21.7 Å². The number of rotatable bonds is 2. The third kappa shape index (κ3) is 21.1. The Morgan fingerprint density at radius 3 is 1.09 bits per heavy atom. The first-order chi connectivity index (χ1) is 10.4. The molecule has 0 fully saturated rings. The summed E-state index contributed by atoms with van der Waals surface area (Å²) in [5, 5.41) is 22.5. The van der Waals surface area contributed by atoms with Crippen molar-refractivity contribution >= 4 is 0 Å². The first kappa shape index (κ1) is 26.9. The minimum Gasteiger partial charge on any atom is -0.665 e. The Bertz CT molecular complexity index is 374. The van der Waals surface area contributed by atoms with Gasteiger partial charge in [0.1, 0.15) is 0 Å². The summed E-state index contributed by atoms with van der Waals surface area (Å²) < 4.78 is 0. The van der Waals surface area contributed by atoms with Crippen molar-refractivity contribution in [2.75, 3.05) is 27.2 Å². The fraction of sp³-hybridized carbons (Fsp3) is 0.625. The predicted octanol–water partition coefficient (Wildman–Crippen LogP) is 3.33. The second-order valence-corrected chi connectivity index (χ2v) is 4.52. The monoisotopic (exact) mass is 354 g/mol. The molecule has 0 aliphatic heterocycles. The molecule has 0 N–H and O–H groups in total. The van der Waals surface area contributed by atoms with Gasteiger partial charge < -0.3 is 31.0 Å². The first-order valence-corrected chi connectivity index (χ1v) is 7.39. The number of hydrogen-bond donors (Lipinski definition) is 0. The van der Waals surface area contributed by atoms with E-state index in [0.717, 1.165) is 35.9 Å². The molecule has 128 valence electrons. The molecule has 0 aliphatic rings. The van der Waals surface area contributed by atoms with Crippen LogP contribution in [0.2, 0.25) is 0 Å². The van der Waals surface area contributed by atoms with E-state index >= 15 is 0 Å². The molecule has 0 saturated heterocycles. The Labute approximate surface area is 156 Å². The summed E-state index contributed by atoms with van der Waals surface area (Å²) in [7, 11) is 3.61. The van der Waals surface area contributed by atoms with Crippen LogP contribution in [0.15, 0.2) is 12.1 Å². The minimum absolute atomic E-state index is 0. The van der Waals surface area contributed by atoms with Crippen molar-refractivity contribution in [1.82, 2.24) is 20.4 Å². The second kappa shape index (κ2) is 19.1. The number of hydrogen-bond acceptors (Lipinski definition) is 2. The smallest absolute Gasteiger partial charge is 0.665 e. The molecule has 6 nitrogen and oxygen atoms in total. The number of aryl methyl sites for hydroxylation is 4. The fourth-order valence-corrected chi connectivity index (χ4v) is 1.04. The molecule has 23 heavy (non-hydrogen) atoms. The third-order valence-electron chi connectivity index (χ3n) is 2.20. The van der Waals surface area contributed by atoms with Gasteiger partial charge in [0, 0.05) is 11.4 Å². The number of aromatic nitrogens is 4. The van der Waals surface area contributed by atoms with Crippen LogP contribution in [-0.4, -0.2) is 37.4 Å². The Kier molecular flexibility index (Phi) is 22.4. The van der Waals surface area contributed by atoms with Crippen LogP contribution >= 0.6 is 0 Å². The van der Waals surface area contributed by atoms with Crippen LogP contribution in [-0.2, 0) is 21.7 Å². The average Bonchev–Trinajstić information content (AvgIpc) is 3.07. The van der Waals surface area contributed by atoms with Crippen LogP contribution in [0.5, 0.6) is 0 Å². The summed E-state index contributed by atoms with van der Waals surface area (Å²) in [6, 6.07) is 3.89. The van der Waals surface area contributed by atoms with Crippen molar-refractivity contribution in [1.29, 1.82) is 0 Å². The third-order valence-corrected chi connectivity index (χ3v) is 2.20. The largest absolute Gasteiger partial charge is 4.00 e. The molecular weight excluding hydrogens is 324 g/mol. The molecule has 0 unspecified atom stereocenters. The van der Waals surface area contributed by atoms with Gasteiger partial charge in [-0.2, -0.15) is 27.2 Å². The van der Waals surface area contributed by atoms with E-state index in [4.69, 9.17) is 0 Å². The molecule has 0 spiro atoms. The van der Waals surface area contributed by atoms with Crippen molar-refractivity contribution in [3.05, 3.63) is 45.5 Å². The van der Waals surface area contributed by atoms with Crippen molar-refractivity contribution < 1.29 is 21.7 Å². The van der Waals surface area contributed by atoms with E-state index in [1.165, 1.54) is 0 Å². The zero-order valence-electron chi connectivity index (χ0n) is 15.8. The quantitative estimate of drug-likeness (QED) is 0.775. The van der Waals surface area contributed by atoms with Crippen LogP contribution in [0.25, 0.3) is 10.6 Å². The summed E-state index contributed by atoms with van der Waals surface area (Å²) in [6.45, 7) is 13.6. The Balaban J connectivity index is -0.000000238. The van der Waals surface area contributed by atoms with Gasteiger partial charge in [-0.15, -0.1) is 11.4 Å². The Hall–Kier alpha value is -0.946. The van der Waals surface area contributed by atoms with Gasteiger partial charge in [0.25, 0.3) is 0 Å². The van der Waals surface area contributed by atoms with E-state index < -0.39 is 0 Å². The number of nitrogens with zero attached hydrogens (tertiary/aromatic N) is 6. The van der Waals surface area contributed by atoms with Gasteiger partial charge in [0.2, 0.25) is 0 Å². The van der Waals surface area contributed by atoms with E-state index in [1.54, 1.807) is 14.1 Å². The molecule has 2 aromatic rings. The summed E-state index contributed by atoms with van der Waals surface area (Å²) >= 11 is 0. The topological polar surface area (TPSA) is 82.2 Å². The van der Waals surface area contributed by atoms with Gasteiger partial charge in [0.15, 0.2) is 0 Å². The molecule has 7 heteroatoms.